The highest BCUT2D eigenvalue weighted by molar-refractivity contribution is 6.31. The van der Waals surface area contributed by atoms with Crippen LogP contribution in [0.25, 0.3) is 0 Å². The van der Waals surface area contributed by atoms with E-state index >= 15 is 0 Å². The molecule has 1 heterocycles. The zero-order valence-electron chi connectivity index (χ0n) is 7.65. The van der Waals surface area contributed by atoms with Gasteiger partial charge in [-0.05, 0) is 0 Å². The molecule has 2 N–H and O–H groups in total. The second-order valence-corrected chi connectivity index (χ2v) is 3.26. The maximum Gasteiger partial charge on any atom is 0.433 e. The summed E-state index contributed by atoms with van der Waals surface area (Å²) in [5.41, 5.74) is 1.92. The van der Waals surface area contributed by atoms with Gasteiger partial charge in [-0.3, -0.25) is 0 Å². The Morgan fingerprint density at radius 3 is 2.31 bits per heavy atom. The number of nitrogens with zero attached hydrogens (tertiary/aromatic N) is 1. The van der Waals surface area contributed by atoms with Crippen molar-refractivity contribution in [3.8, 4) is 0 Å². The first-order valence-electron chi connectivity index (χ1n) is 4.01. The topological polar surface area (TPSA) is 38.9 Å². The second-order valence-electron chi connectivity index (χ2n) is 2.85. The largest absolute Gasteiger partial charge is 0.433 e. The predicted octanol–water partition coefficient (Wildman–Crippen LogP) is 3.15. The van der Waals surface area contributed by atoms with Gasteiger partial charge >= 0.3 is 6.18 Å². The summed E-state index contributed by atoms with van der Waals surface area (Å²) in [4.78, 5) is 2.99. The molecule has 0 radical (unpaired) electrons. The molecule has 0 aliphatic carbocycles. The van der Waals surface area contributed by atoms with Crippen LogP contribution in [0.4, 0.5) is 22.0 Å². The number of halogens is 6. The van der Waals surface area contributed by atoms with Crippen LogP contribution in [0.5, 0.6) is 0 Å². The maximum atomic E-state index is 12.5. The molecule has 0 atom stereocenters. The molecule has 8 heteroatoms. The Balaban J connectivity index is 3.49. The number of hydrogen-bond donors (Lipinski definition) is 1. The van der Waals surface area contributed by atoms with Gasteiger partial charge in [-0.1, -0.05) is 11.6 Å². The Morgan fingerprint density at radius 1 is 1.38 bits per heavy atom. The zero-order valence-corrected chi connectivity index (χ0v) is 8.41. The molecule has 0 amide bonds. The van der Waals surface area contributed by atoms with Crippen LogP contribution in [0, 0.1) is 0 Å². The highest BCUT2D eigenvalue weighted by Gasteiger charge is 2.37. The lowest BCUT2D eigenvalue weighted by atomic mass is 10.1. The van der Waals surface area contributed by atoms with Gasteiger partial charge in [-0.25, -0.2) is 13.8 Å². The van der Waals surface area contributed by atoms with Gasteiger partial charge in [-0.2, -0.15) is 13.2 Å². The van der Waals surface area contributed by atoms with Gasteiger partial charge in [0.05, 0.1) is 5.02 Å². The summed E-state index contributed by atoms with van der Waals surface area (Å²) < 4.78 is 62.2. The van der Waals surface area contributed by atoms with E-state index in [1.54, 1.807) is 0 Å². The third-order valence-electron chi connectivity index (χ3n) is 1.87. The predicted molar refractivity (Wildman–Crippen MR) is 47.1 cm³/mol. The van der Waals surface area contributed by atoms with E-state index in [9.17, 15) is 22.0 Å². The standard InChI is InChI=1S/C8H6ClF5N2/c9-4-2-16-6(8(12,13)14)3(1-15)5(4)7(10)11/h2,7H,1,15H2. The molecule has 2 nitrogen and oxygen atoms in total. The normalized spacial score (nSPS) is 12.2. The van der Waals surface area contributed by atoms with Crippen molar-refractivity contribution in [2.24, 2.45) is 5.73 Å². The minimum atomic E-state index is -4.83. The summed E-state index contributed by atoms with van der Waals surface area (Å²) in [6.07, 6.45) is -7.41. The van der Waals surface area contributed by atoms with E-state index in [4.69, 9.17) is 17.3 Å². The van der Waals surface area contributed by atoms with Crippen LogP contribution >= 0.6 is 11.6 Å². The van der Waals surface area contributed by atoms with Gasteiger partial charge < -0.3 is 5.73 Å². The summed E-state index contributed by atoms with van der Waals surface area (Å²) in [7, 11) is 0. The molecule has 16 heavy (non-hydrogen) atoms. The SMILES string of the molecule is NCc1c(C(F)(F)F)ncc(Cl)c1C(F)F. The van der Waals surface area contributed by atoms with Crippen molar-refractivity contribution >= 4 is 11.6 Å². The molecule has 1 aromatic heterocycles. The Morgan fingerprint density at radius 2 is 1.94 bits per heavy atom. The quantitative estimate of drug-likeness (QED) is 0.830. The van der Waals surface area contributed by atoms with E-state index in [0.717, 1.165) is 0 Å². The molecule has 0 aliphatic rings. The summed E-state index contributed by atoms with van der Waals surface area (Å²) in [5.74, 6) is 0. The minimum Gasteiger partial charge on any atom is -0.326 e. The van der Waals surface area contributed by atoms with Crippen LogP contribution in [-0.2, 0) is 12.7 Å². The van der Waals surface area contributed by atoms with E-state index in [-0.39, 0.29) is 0 Å². The fourth-order valence-electron chi connectivity index (χ4n) is 1.23. The average molecular weight is 261 g/mol. The van der Waals surface area contributed by atoms with Crippen molar-refractivity contribution in [1.29, 1.82) is 0 Å². The summed E-state index contributed by atoms with van der Waals surface area (Å²) in [6.45, 7) is -0.706. The highest BCUT2D eigenvalue weighted by atomic mass is 35.5. The van der Waals surface area contributed by atoms with Crippen molar-refractivity contribution in [1.82, 2.24) is 4.98 Å². The van der Waals surface area contributed by atoms with E-state index in [1.807, 2.05) is 0 Å². The summed E-state index contributed by atoms with van der Waals surface area (Å²) >= 11 is 5.36. The zero-order chi connectivity index (χ0) is 12.5. The molecule has 0 saturated heterocycles. The third kappa shape index (κ3) is 2.41. The molecule has 1 rings (SSSR count). The van der Waals surface area contributed by atoms with E-state index in [1.165, 1.54) is 0 Å². The van der Waals surface area contributed by atoms with Gasteiger partial charge in [-0.15, -0.1) is 0 Å². The van der Waals surface area contributed by atoms with Gasteiger partial charge in [0.2, 0.25) is 0 Å². The Labute approximate surface area is 92.2 Å². The van der Waals surface area contributed by atoms with Crippen molar-refractivity contribution in [3.05, 3.63) is 28.0 Å². The van der Waals surface area contributed by atoms with Crippen LogP contribution in [0.15, 0.2) is 6.20 Å². The number of aromatic nitrogens is 1. The van der Waals surface area contributed by atoms with Crippen molar-refractivity contribution < 1.29 is 22.0 Å². The summed E-state index contributed by atoms with van der Waals surface area (Å²) in [5, 5.41) is -0.525. The maximum absolute atomic E-state index is 12.5. The first-order chi connectivity index (χ1) is 7.29. The number of pyridine rings is 1. The minimum absolute atomic E-state index is 0.525. The molecule has 0 fully saturated rings. The smallest absolute Gasteiger partial charge is 0.326 e. The Bertz CT molecular complexity index is 391. The Kier molecular flexibility index (Phi) is 3.69. The van der Waals surface area contributed by atoms with E-state index in [0.29, 0.717) is 6.20 Å². The second kappa shape index (κ2) is 4.50. The average Bonchev–Trinajstić information content (AvgIpc) is 2.14. The van der Waals surface area contributed by atoms with Crippen molar-refractivity contribution in [2.75, 3.05) is 0 Å². The summed E-state index contributed by atoms with van der Waals surface area (Å²) in [6, 6.07) is 0. The molecule has 0 aliphatic heterocycles. The van der Waals surface area contributed by atoms with Gasteiger partial charge in [0.25, 0.3) is 6.43 Å². The number of hydrogen-bond acceptors (Lipinski definition) is 2. The molecular weight excluding hydrogens is 255 g/mol. The lowest BCUT2D eigenvalue weighted by Crippen LogP contribution is -2.17. The first kappa shape index (κ1) is 13.1. The molecular formula is C8H6ClF5N2. The lowest BCUT2D eigenvalue weighted by Gasteiger charge is -2.15. The van der Waals surface area contributed by atoms with Gasteiger partial charge in [0, 0.05) is 23.9 Å². The number of nitrogens with two attached hydrogens (primary N) is 1. The third-order valence-corrected chi connectivity index (χ3v) is 2.17. The van der Waals surface area contributed by atoms with E-state index in [2.05, 4.69) is 4.98 Å². The van der Waals surface area contributed by atoms with Crippen LogP contribution in [0.3, 0.4) is 0 Å². The fourth-order valence-corrected chi connectivity index (χ4v) is 1.47. The molecule has 90 valence electrons. The number of alkyl halides is 5. The lowest BCUT2D eigenvalue weighted by molar-refractivity contribution is -0.142. The Hall–Kier alpha value is -0.950. The number of rotatable bonds is 2. The van der Waals surface area contributed by atoms with Crippen LogP contribution in [0.2, 0.25) is 5.02 Å². The van der Waals surface area contributed by atoms with Gasteiger partial charge in [0.15, 0.2) is 0 Å². The molecule has 0 unspecified atom stereocenters. The molecule has 0 aromatic carbocycles. The monoisotopic (exact) mass is 260 g/mol. The molecule has 0 saturated carbocycles. The first-order valence-corrected chi connectivity index (χ1v) is 4.39. The van der Waals surface area contributed by atoms with Crippen LogP contribution < -0.4 is 5.73 Å². The molecule has 0 bridgehead atoms. The highest BCUT2D eigenvalue weighted by Crippen LogP contribution is 2.37. The van der Waals surface area contributed by atoms with Gasteiger partial charge in [0.1, 0.15) is 5.69 Å². The molecule has 1 aromatic rings. The van der Waals surface area contributed by atoms with Crippen molar-refractivity contribution in [2.45, 2.75) is 19.1 Å². The fraction of sp³-hybridized carbons (Fsp3) is 0.375. The molecule has 0 spiro atoms. The van der Waals surface area contributed by atoms with E-state index < -0.39 is 41.0 Å². The van der Waals surface area contributed by atoms with Crippen LogP contribution in [0.1, 0.15) is 23.2 Å². The van der Waals surface area contributed by atoms with Crippen LogP contribution in [-0.4, -0.2) is 4.98 Å². The van der Waals surface area contributed by atoms with Crippen molar-refractivity contribution in [3.63, 3.8) is 0 Å².